The van der Waals surface area contributed by atoms with Crippen LogP contribution in [0.2, 0.25) is 0 Å². The van der Waals surface area contributed by atoms with Crippen molar-refractivity contribution in [2.75, 3.05) is 0 Å². The van der Waals surface area contributed by atoms with E-state index in [1.807, 2.05) is 25.1 Å². The predicted octanol–water partition coefficient (Wildman–Crippen LogP) is 3.69. The monoisotopic (exact) mass is 249 g/mol. The fourth-order valence-corrected chi connectivity index (χ4v) is 1.85. The summed E-state index contributed by atoms with van der Waals surface area (Å²) in [6.07, 6.45) is 9.72. The molecule has 0 radical (unpaired) electrons. The van der Waals surface area contributed by atoms with Crippen LogP contribution in [0.4, 0.5) is 0 Å². The summed E-state index contributed by atoms with van der Waals surface area (Å²) in [5, 5.41) is 9.70. The SMILES string of the molecule is CCCCCC/C=C/c1cc(C)c(C)c(=O)n1O. The van der Waals surface area contributed by atoms with Crippen LogP contribution in [0.25, 0.3) is 6.08 Å². The normalized spacial score (nSPS) is 11.3. The van der Waals surface area contributed by atoms with E-state index in [1.54, 1.807) is 6.92 Å². The minimum atomic E-state index is -0.333. The van der Waals surface area contributed by atoms with Gasteiger partial charge in [0.1, 0.15) is 0 Å². The number of allylic oxidation sites excluding steroid dienone is 1. The maximum atomic E-state index is 11.7. The molecule has 0 aliphatic heterocycles. The third kappa shape index (κ3) is 3.76. The third-order valence-electron chi connectivity index (χ3n) is 3.23. The first-order valence-electron chi connectivity index (χ1n) is 6.67. The lowest BCUT2D eigenvalue weighted by Gasteiger charge is -2.06. The highest BCUT2D eigenvalue weighted by Gasteiger charge is 2.05. The molecule has 1 N–H and O–H groups in total. The van der Waals surface area contributed by atoms with E-state index in [-0.39, 0.29) is 5.56 Å². The highest BCUT2D eigenvalue weighted by Crippen LogP contribution is 2.08. The molecule has 0 amide bonds. The molecule has 0 bridgehead atoms. The van der Waals surface area contributed by atoms with E-state index < -0.39 is 0 Å². The molecule has 1 rings (SSSR count). The van der Waals surface area contributed by atoms with Crippen LogP contribution in [0, 0.1) is 13.8 Å². The van der Waals surface area contributed by atoms with Crippen molar-refractivity contribution >= 4 is 6.08 Å². The third-order valence-corrected chi connectivity index (χ3v) is 3.23. The van der Waals surface area contributed by atoms with Gasteiger partial charge in [0.2, 0.25) is 0 Å². The minimum Gasteiger partial charge on any atom is -0.425 e. The Morgan fingerprint density at radius 3 is 2.67 bits per heavy atom. The zero-order valence-electron chi connectivity index (χ0n) is 11.6. The minimum absolute atomic E-state index is 0.333. The maximum absolute atomic E-state index is 11.7. The summed E-state index contributed by atoms with van der Waals surface area (Å²) < 4.78 is 0.727. The van der Waals surface area contributed by atoms with Gasteiger partial charge in [-0.1, -0.05) is 32.3 Å². The van der Waals surface area contributed by atoms with Gasteiger partial charge in [-0.2, -0.15) is 0 Å². The Hall–Kier alpha value is -1.51. The second-order valence-corrected chi connectivity index (χ2v) is 4.75. The highest BCUT2D eigenvalue weighted by molar-refractivity contribution is 5.47. The molecule has 0 saturated carbocycles. The lowest BCUT2D eigenvalue weighted by Crippen LogP contribution is -2.23. The Bertz CT molecular complexity index is 472. The van der Waals surface area contributed by atoms with E-state index >= 15 is 0 Å². The molecule has 0 aliphatic carbocycles. The summed E-state index contributed by atoms with van der Waals surface area (Å²) in [5.74, 6) is 0. The van der Waals surface area contributed by atoms with Crippen molar-refractivity contribution in [3.05, 3.63) is 39.3 Å². The Morgan fingerprint density at radius 1 is 1.28 bits per heavy atom. The number of hydrogen-bond acceptors (Lipinski definition) is 2. The second kappa shape index (κ2) is 7.04. The van der Waals surface area contributed by atoms with Crippen LogP contribution in [0.5, 0.6) is 0 Å². The van der Waals surface area contributed by atoms with E-state index in [9.17, 15) is 10.0 Å². The fraction of sp³-hybridized carbons (Fsp3) is 0.533. The van der Waals surface area contributed by atoms with E-state index in [0.29, 0.717) is 11.3 Å². The van der Waals surface area contributed by atoms with Crippen LogP contribution in [-0.2, 0) is 0 Å². The zero-order chi connectivity index (χ0) is 13.5. The van der Waals surface area contributed by atoms with Crippen LogP contribution in [0.15, 0.2) is 16.9 Å². The summed E-state index contributed by atoms with van der Waals surface area (Å²) in [6.45, 7) is 5.80. The van der Waals surface area contributed by atoms with Crippen molar-refractivity contribution in [1.29, 1.82) is 0 Å². The molecule has 0 unspecified atom stereocenters. The molecular weight excluding hydrogens is 226 g/mol. The van der Waals surface area contributed by atoms with Crippen LogP contribution in [0.1, 0.15) is 55.8 Å². The molecule has 0 aromatic carbocycles. The Kier molecular flexibility index (Phi) is 5.69. The van der Waals surface area contributed by atoms with Crippen LogP contribution < -0.4 is 5.56 Å². The van der Waals surface area contributed by atoms with E-state index in [2.05, 4.69) is 6.92 Å². The number of unbranched alkanes of at least 4 members (excludes halogenated alkanes) is 4. The molecule has 0 spiro atoms. The smallest absolute Gasteiger partial charge is 0.286 e. The Balaban J connectivity index is 2.68. The van der Waals surface area contributed by atoms with Crippen molar-refractivity contribution in [2.24, 2.45) is 0 Å². The van der Waals surface area contributed by atoms with Crippen molar-refractivity contribution in [1.82, 2.24) is 4.73 Å². The van der Waals surface area contributed by atoms with Gasteiger partial charge in [0.05, 0.1) is 5.69 Å². The van der Waals surface area contributed by atoms with Gasteiger partial charge in [-0.15, -0.1) is 4.73 Å². The summed E-state index contributed by atoms with van der Waals surface area (Å²) in [6, 6.07) is 1.83. The number of aryl methyl sites for hydroxylation is 1. The molecule has 3 nitrogen and oxygen atoms in total. The molecule has 0 saturated heterocycles. The first-order valence-corrected chi connectivity index (χ1v) is 6.67. The number of pyridine rings is 1. The van der Waals surface area contributed by atoms with E-state index in [4.69, 9.17) is 0 Å². The van der Waals surface area contributed by atoms with Gasteiger partial charge in [0.25, 0.3) is 5.56 Å². The first kappa shape index (κ1) is 14.6. The van der Waals surface area contributed by atoms with Crippen molar-refractivity contribution in [3.63, 3.8) is 0 Å². The molecule has 0 fully saturated rings. The van der Waals surface area contributed by atoms with Crippen LogP contribution in [-0.4, -0.2) is 9.94 Å². The molecule has 0 aliphatic rings. The highest BCUT2D eigenvalue weighted by atomic mass is 16.5. The molecular formula is C15H23NO2. The average Bonchev–Trinajstić information content (AvgIpc) is 2.37. The second-order valence-electron chi connectivity index (χ2n) is 4.75. The van der Waals surface area contributed by atoms with E-state index in [1.165, 1.54) is 19.3 Å². The summed E-state index contributed by atoms with van der Waals surface area (Å²) in [7, 11) is 0. The molecule has 1 aromatic rings. The summed E-state index contributed by atoms with van der Waals surface area (Å²) >= 11 is 0. The number of rotatable bonds is 6. The Labute approximate surface area is 109 Å². The molecule has 1 aromatic heterocycles. The molecule has 1 heterocycles. The quantitative estimate of drug-likeness (QED) is 0.617. The standard InChI is InChI=1S/C15H23NO2/c1-4-5-6-7-8-9-10-14-11-12(2)13(3)15(17)16(14)18/h9-11,18H,4-8H2,1-3H3/b10-9+. The number of nitrogens with zero attached hydrogens (tertiary/aromatic N) is 1. The lowest BCUT2D eigenvalue weighted by atomic mass is 10.1. The number of aromatic nitrogens is 1. The molecule has 0 atom stereocenters. The van der Waals surface area contributed by atoms with Gasteiger partial charge in [-0.25, -0.2) is 0 Å². The van der Waals surface area contributed by atoms with E-state index in [0.717, 1.165) is 23.1 Å². The molecule has 3 heteroatoms. The average molecular weight is 249 g/mol. The molecule has 18 heavy (non-hydrogen) atoms. The van der Waals surface area contributed by atoms with Gasteiger partial charge >= 0.3 is 0 Å². The number of hydrogen-bond donors (Lipinski definition) is 1. The predicted molar refractivity (Wildman–Crippen MR) is 75.2 cm³/mol. The maximum Gasteiger partial charge on any atom is 0.286 e. The van der Waals surface area contributed by atoms with Crippen molar-refractivity contribution in [3.8, 4) is 0 Å². The Morgan fingerprint density at radius 2 is 2.00 bits per heavy atom. The molecule has 100 valence electrons. The summed E-state index contributed by atoms with van der Waals surface area (Å²) in [4.78, 5) is 11.7. The van der Waals surface area contributed by atoms with Gasteiger partial charge in [0, 0.05) is 5.56 Å². The van der Waals surface area contributed by atoms with Crippen LogP contribution in [0.3, 0.4) is 0 Å². The summed E-state index contributed by atoms with van der Waals surface area (Å²) in [5.41, 5.74) is 1.73. The van der Waals surface area contributed by atoms with Gasteiger partial charge in [0.15, 0.2) is 0 Å². The largest absolute Gasteiger partial charge is 0.425 e. The van der Waals surface area contributed by atoms with Crippen LogP contribution >= 0.6 is 0 Å². The van der Waals surface area contributed by atoms with Gasteiger partial charge in [-0.05, 0) is 44.4 Å². The first-order chi connectivity index (χ1) is 8.57. The van der Waals surface area contributed by atoms with Gasteiger partial charge < -0.3 is 5.21 Å². The van der Waals surface area contributed by atoms with Crippen molar-refractivity contribution < 1.29 is 5.21 Å². The topological polar surface area (TPSA) is 42.2 Å². The zero-order valence-corrected chi connectivity index (χ0v) is 11.6. The van der Waals surface area contributed by atoms with Crippen molar-refractivity contribution in [2.45, 2.75) is 52.9 Å². The van der Waals surface area contributed by atoms with Gasteiger partial charge in [-0.3, -0.25) is 4.79 Å². The lowest BCUT2D eigenvalue weighted by molar-refractivity contribution is 0.172. The fourth-order valence-electron chi connectivity index (χ4n) is 1.85.